The molecule has 5 heteroatoms. The van der Waals surface area contributed by atoms with E-state index in [0.29, 0.717) is 12.1 Å². The number of nitrogens with zero attached hydrogens (tertiary/aromatic N) is 4. The van der Waals surface area contributed by atoms with Crippen molar-refractivity contribution in [3.8, 4) is 0 Å². The molecule has 0 radical (unpaired) electrons. The molecule has 0 saturated carbocycles. The predicted octanol–water partition coefficient (Wildman–Crippen LogP) is 1.51. The Balaban J connectivity index is 2.15. The van der Waals surface area contributed by atoms with Crippen molar-refractivity contribution >= 4 is 11.8 Å². The van der Waals surface area contributed by atoms with Crippen LogP contribution in [-0.2, 0) is 0 Å². The fourth-order valence-electron chi connectivity index (χ4n) is 2.43. The molecule has 1 fully saturated rings. The van der Waals surface area contributed by atoms with Gasteiger partial charge in [0.15, 0.2) is 0 Å². The Kier molecular flexibility index (Phi) is 4.58. The van der Waals surface area contributed by atoms with Crippen LogP contribution in [0.1, 0.15) is 26.7 Å². The van der Waals surface area contributed by atoms with E-state index >= 15 is 0 Å². The second-order valence-electron chi connectivity index (χ2n) is 5.65. The molecule has 2 heterocycles. The molecule has 0 spiro atoms. The standard InChI is InChI=1S/C14H25N5/c1-11(2)19(10-12-6-5-8-15-12)13-7-9-16-14(17-13)18(3)4/h7,9,11-12,15H,5-6,8,10H2,1-4H3. The van der Waals surface area contributed by atoms with Crippen molar-refractivity contribution in [1.82, 2.24) is 15.3 Å². The van der Waals surface area contributed by atoms with Gasteiger partial charge in [-0.1, -0.05) is 0 Å². The molecule has 1 aromatic rings. The van der Waals surface area contributed by atoms with E-state index < -0.39 is 0 Å². The lowest BCUT2D eigenvalue weighted by Gasteiger charge is -2.31. The highest BCUT2D eigenvalue weighted by Crippen LogP contribution is 2.18. The maximum atomic E-state index is 4.65. The highest BCUT2D eigenvalue weighted by atomic mass is 15.3. The largest absolute Gasteiger partial charge is 0.352 e. The van der Waals surface area contributed by atoms with Crippen molar-refractivity contribution in [2.45, 2.75) is 38.8 Å². The molecule has 1 unspecified atom stereocenters. The van der Waals surface area contributed by atoms with E-state index in [0.717, 1.165) is 24.9 Å². The number of nitrogens with one attached hydrogen (secondary N) is 1. The molecule has 1 aromatic heterocycles. The third kappa shape index (κ3) is 3.56. The molecule has 0 aliphatic carbocycles. The molecular formula is C14H25N5. The molecule has 1 N–H and O–H groups in total. The monoisotopic (exact) mass is 263 g/mol. The summed E-state index contributed by atoms with van der Waals surface area (Å²) in [5.74, 6) is 1.78. The van der Waals surface area contributed by atoms with Gasteiger partial charge in [0.1, 0.15) is 5.82 Å². The van der Waals surface area contributed by atoms with Crippen LogP contribution in [0.3, 0.4) is 0 Å². The zero-order valence-corrected chi connectivity index (χ0v) is 12.4. The molecule has 1 saturated heterocycles. The molecule has 0 aromatic carbocycles. The highest BCUT2D eigenvalue weighted by molar-refractivity contribution is 5.44. The van der Waals surface area contributed by atoms with Crippen molar-refractivity contribution in [2.75, 3.05) is 37.0 Å². The quantitative estimate of drug-likeness (QED) is 0.872. The van der Waals surface area contributed by atoms with Crippen LogP contribution in [0.5, 0.6) is 0 Å². The Hall–Kier alpha value is -1.36. The smallest absolute Gasteiger partial charge is 0.226 e. The minimum atomic E-state index is 0.437. The van der Waals surface area contributed by atoms with Crippen LogP contribution in [0.4, 0.5) is 11.8 Å². The van der Waals surface area contributed by atoms with Crippen LogP contribution in [0.25, 0.3) is 0 Å². The van der Waals surface area contributed by atoms with Crippen molar-refractivity contribution in [3.63, 3.8) is 0 Å². The lowest BCUT2D eigenvalue weighted by atomic mass is 10.2. The van der Waals surface area contributed by atoms with Crippen molar-refractivity contribution in [1.29, 1.82) is 0 Å². The van der Waals surface area contributed by atoms with E-state index in [1.54, 1.807) is 0 Å². The molecule has 0 bridgehead atoms. The van der Waals surface area contributed by atoms with E-state index in [4.69, 9.17) is 0 Å². The van der Waals surface area contributed by atoms with E-state index in [9.17, 15) is 0 Å². The normalized spacial score (nSPS) is 18.9. The Bertz CT molecular complexity index is 399. The Labute approximate surface area is 116 Å². The van der Waals surface area contributed by atoms with Gasteiger partial charge in [-0.05, 0) is 39.3 Å². The van der Waals surface area contributed by atoms with E-state index in [2.05, 4.69) is 34.0 Å². The summed E-state index contributed by atoms with van der Waals surface area (Å²) in [5.41, 5.74) is 0. The Morgan fingerprint density at radius 2 is 2.21 bits per heavy atom. The molecular weight excluding hydrogens is 238 g/mol. The molecule has 2 rings (SSSR count). The number of hydrogen-bond acceptors (Lipinski definition) is 5. The van der Waals surface area contributed by atoms with Gasteiger partial charge >= 0.3 is 0 Å². The van der Waals surface area contributed by atoms with Crippen molar-refractivity contribution < 1.29 is 0 Å². The first-order valence-electron chi connectivity index (χ1n) is 7.08. The number of aromatic nitrogens is 2. The van der Waals surface area contributed by atoms with E-state index in [1.165, 1.54) is 12.8 Å². The maximum Gasteiger partial charge on any atom is 0.226 e. The molecule has 19 heavy (non-hydrogen) atoms. The minimum Gasteiger partial charge on any atom is -0.352 e. The Morgan fingerprint density at radius 1 is 1.42 bits per heavy atom. The Morgan fingerprint density at radius 3 is 2.79 bits per heavy atom. The first-order valence-corrected chi connectivity index (χ1v) is 7.08. The molecule has 1 atom stereocenters. The summed E-state index contributed by atoms with van der Waals surface area (Å²) in [6.07, 6.45) is 4.38. The van der Waals surface area contributed by atoms with Crippen LogP contribution >= 0.6 is 0 Å². The van der Waals surface area contributed by atoms with Crippen LogP contribution < -0.4 is 15.1 Å². The van der Waals surface area contributed by atoms with Crippen LogP contribution in [0.15, 0.2) is 12.3 Å². The zero-order chi connectivity index (χ0) is 13.8. The van der Waals surface area contributed by atoms with Crippen LogP contribution in [-0.4, -0.2) is 49.2 Å². The fourth-order valence-corrected chi connectivity index (χ4v) is 2.43. The van der Waals surface area contributed by atoms with Crippen molar-refractivity contribution in [2.24, 2.45) is 0 Å². The van der Waals surface area contributed by atoms with Crippen molar-refractivity contribution in [3.05, 3.63) is 12.3 Å². The topological polar surface area (TPSA) is 44.3 Å². The first-order chi connectivity index (χ1) is 9.08. The van der Waals surface area contributed by atoms with Gasteiger partial charge in [0, 0.05) is 38.9 Å². The van der Waals surface area contributed by atoms with Gasteiger partial charge in [0.2, 0.25) is 5.95 Å². The van der Waals surface area contributed by atoms with Gasteiger partial charge in [-0.3, -0.25) is 0 Å². The van der Waals surface area contributed by atoms with E-state index in [1.807, 2.05) is 31.3 Å². The minimum absolute atomic E-state index is 0.437. The third-order valence-corrected chi connectivity index (χ3v) is 3.53. The van der Waals surface area contributed by atoms with E-state index in [-0.39, 0.29) is 0 Å². The summed E-state index contributed by atoms with van der Waals surface area (Å²) in [6, 6.07) is 3.02. The van der Waals surface area contributed by atoms with Gasteiger partial charge in [-0.2, -0.15) is 4.98 Å². The molecule has 106 valence electrons. The van der Waals surface area contributed by atoms with Crippen LogP contribution in [0.2, 0.25) is 0 Å². The second kappa shape index (κ2) is 6.19. The van der Waals surface area contributed by atoms with Gasteiger partial charge in [0.05, 0.1) is 0 Å². The third-order valence-electron chi connectivity index (χ3n) is 3.53. The average molecular weight is 263 g/mol. The SMILES string of the molecule is CC(C)N(CC1CCCN1)c1ccnc(N(C)C)n1. The lowest BCUT2D eigenvalue weighted by molar-refractivity contribution is 0.549. The molecule has 1 aliphatic rings. The summed E-state index contributed by atoms with van der Waals surface area (Å²) in [7, 11) is 3.94. The molecule has 0 amide bonds. The van der Waals surface area contributed by atoms with Gasteiger partial charge in [-0.15, -0.1) is 0 Å². The summed E-state index contributed by atoms with van der Waals surface area (Å²) >= 11 is 0. The van der Waals surface area contributed by atoms with Gasteiger partial charge in [-0.25, -0.2) is 4.98 Å². The summed E-state index contributed by atoms with van der Waals surface area (Å²) in [6.45, 7) is 6.59. The first kappa shape index (κ1) is 14.1. The van der Waals surface area contributed by atoms with Crippen LogP contribution in [0, 0.1) is 0 Å². The summed E-state index contributed by atoms with van der Waals surface area (Å²) < 4.78 is 0. The van der Waals surface area contributed by atoms with Gasteiger partial charge < -0.3 is 15.1 Å². The summed E-state index contributed by atoms with van der Waals surface area (Å²) in [4.78, 5) is 13.2. The number of anilines is 2. The maximum absolute atomic E-state index is 4.65. The molecule has 5 nitrogen and oxygen atoms in total. The average Bonchev–Trinajstić information content (AvgIpc) is 2.88. The number of hydrogen-bond donors (Lipinski definition) is 1. The number of rotatable bonds is 5. The van der Waals surface area contributed by atoms with Gasteiger partial charge in [0.25, 0.3) is 0 Å². The summed E-state index contributed by atoms with van der Waals surface area (Å²) in [5, 5.41) is 3.55. The molecule has 1 aliphatic heterocycles. The fraction of sp³-hybridized carbons (Fsp3) is 0.714. The zero-order valence-electron chi connectivity index (χ0n) is 12.4. The second-order valence-corrected chi connectivity index (χ2v) is 5.65. The predicted molar refractivity (Wildman–Crippen MR) is 79.9 cm³/mol. The highest BCUT2D eigenvalue weighted by Gasteiger charge is 2.21. The lowest BCUT2D eigenvalue weighted by Crippen LogP contribution is -2.42.